The fourth-order valence-corrected chi connectivity index (χ4v) is 13.1. The van der Waals surface area contributed by atoms with Crippen molar-refractivity contribution < 1.29 is 48.4 Å². The average Bonchev–Trinajstić information content (AvgIpc) is 3.94. The summed E-state index contributed by atoms with van der Waals surface area (Å²) in [7, 11) is 0. The number of benzene rings is 1. The van der Waals surface area contributed by atoms with Crippen molar-refractivity contribution in [2.45, 2.75) is 128 Å². The summed E-state index contributed by atoms with van der Waals surface area (Å²) >= 11 is 0. The van der Waals surface area contributed by atoms with Crippen LogP contribution >= 0.6 is 0 Å². The zero-order valence-electron chi connectivity index (χ0n) is 35.7. The van der Waals surface area contributed by atoms with Gasteiger partial charge >= 0.3 is 5.97 Å². The van der Waals surface area contributed by atoms with Crippen LogP contribution in [-0.2, 0) is 44.6 Å². The van der Waals surface area contributed by atoms with Crippen molar-refractivity contribution in [1.29, 1.82) is 0 Å². The highest BCUT2D eigenvalue weighted by Gasteiger charge is 2.76. The molecule has 5 aliphatic carbocycles. The molecule has 2 amide bonds. The number of ether oxygens (including phenoxy) is 3. The molecule has 1 aromatic carbocycles. The number of likely N-dealkylation sites (tertiary alicyclic amines) is 1. The molecular weight excluding hydrogens is 767 g/mol. The number of nitrogens with zero attached hydrogens (tertiary/aromatic N) is 1. The molecule has 0 radical (unpaired) electrons. The van der Waals surface area contributed by atoms with Crippen LogP contribution < -0.4 is 11.1 Å². The monoisotopic (exact) mass is 829 g/mol. The first-order valence-corrected chi connectivity index (χ1v) is 22.1. The van der Waals surface area contributed by atoms with E-state index >= 15 is 0 Å². The first kappa shape index (κ1) is 42.9. The number of nitrogens with one attached hydrogen (secondary N) is 1. The second-order valence-corrected chi connectivity index (χ2v) is 20.3. The first-order chi connectivity index (χ1) is 28.4. The highest BCUT2D eigenvalue weighted by atomic mass is 16.7. The lowest BCUT2D eigenvalue weighted by Gasteiger charge is -2.59. The van der Waals surface area contributed by atoms with Gasteiger partial charge in [0.1, 0.15) is 18.2 Å². The van der Waals surface area contributed by atoms with Gasteiger partial charge in [-0.25, -0.2) is 0 Å². The molecule has 2 aliphatic heterocycles. The summed E-state index contributed by atoms with van der Waals surface area (Å²) in [4.78, 5) is 66.3. The molecule has 12 atom stereocenters. The Balaban J connectivity index is 0.890. The van der Waals surface area contributed by atoms with Crippen LogP contribution in [0.15, 0.2) is 48.1 Å². The number of carbonyl (C=O) groups excluding carboxylic acids is 5. The van der Waals surface area contributed by atoms with E-state index in [9.17, 15) is 34.2 Å². The largest absolute Gasteiger partial charge is 0.460 e. The van der Waals surface area contributed by atoms with Gasteiger partial charge in [0.25, 0.3) is 0 Å². The van der Waals surface area contributed by atoms with Crippen LogP contribution in [0.1, 0.15) is 103 Å². The van der Waals surface area contributed by atoms with Gasteiger partial charge in [0, 0.05) is 41.8 Å². The van der Waals surface area contributed by atoms with Crippen LogP contribution in [0.2, 0.25) is 0 Å². The van der Waals surface area contributed by atoms with Gasteiger partial charge in [0.05, 0.1) is 18.8 Å². The third-order valence-corrected chi connectivity index (χ3v) is 15.6. The van der Waals surface area contributed by atoms with Gasteiger partial charge in [-0.05, 0) is 119 Å². The van der Waals surface area contributed by atoms with Crippen LogP contribution in [0, 0.1) is 46.3 Å². The maximum atomic E-state index is 14.0. The Bertz CT molecular complexity index is 1940. The van der Waals surface area contributed by atoms with Gasteiger partial charge in [-0.2, -0.15) is 0 Å². The maximum absolute atomic E-state index is 14.0. The van der Waals surface area contributed by atoms with Crippen molar-refractivity contribution in [3.05, 3.63) is 59.2 Å². The minimum absolute atomic E-state index is 0.00812. The second kappa shape index (κ2) is 15.9. The van der Waals surface area contributed by atoms with Crippen molar-refractivity contribution >= 4 is 29.4 Å². The van der Waals surface area contributed by atoms with E-state index < -0.39 is 70.8 Å². The smallest absolute Gasteiger partial charge is 0.306 e. The summed E-state index contributed by atoms with van der Waals surface area (Å²) in [6.45, 7) is 9.83. The van der Waals surface area contributed by atoms with Crippen molar-refractivity contribution in [1.82, 2.24) is 10.2 Å². The lowest BCUT2D eigenvalue weighted by molar-refractivity contribution is -0.201. The average molecular weight is 830 g/mol. The molecule has 0 bridgehead atoms. The third-order valence-electron chi connectivity index (χ3n) is 15.6. The molecule has 60 heavy (non-hydrogen) atoms. The number of aliphatic hydroxyl groups excluding tert-OH is 2. The number of hydrogen-bond acceptors (Lipinski definition) is 11. The Morgan fingerprint density at radius 2 is 1.77 bits per heavy atom. The molecule has 326 valence electrons. The zero-order chi connectivity index (χ0) is 42.9. The highest BCUT2D eigenvalue weighted by molar-refractivity contribution is 6.01. The number of Topliss-reactive ketones (excluding diaryl/α,β-unsaturated/α-hetero) is 1. The fraction of sp³-hybridized carbons (Fsp3) is 0.681. The second-order valence-electron chi connectivity index (χ2n) is 20.3. The third kappa shape index (κ3) is 7.39. The Hall–Kier alpha value is -3.75. The summed E-state index contributed by atoms with van der Waals surface area (Å²) in [5.74, 6) is -0.297. The van der Waals surface area contributed by atoms with Crippen molar-refractivity contribution in [2.24, 2.45) is 52.1 Å². The summed E-state index contributed by atoms with van der Waals surface area (Å²) in [5, 5.41) is 25.1. The summed E-state index contributed by atoms with van der Waals surface area (Å²) in [6, 6.07) is 7.34. The van der Waals surface area contributed by atoms with Gasteiger partial charge in [-0.15, -0.1) is 0 Å². The van der Waals surface area contributed by atoms with Crippen molar-refractivity contribution in [2.75, 3.05) is 26.2 Å². The number of allylic oxidation sites excluding steroid dienone is 4. The number of rotatable bonds is 11. The topological polar surface area (TPSA) is 195 Å². The number of nitrogens with two attached hydrogens (primary N) is 1. The molecule has 0 spiro atoms. The predicted molar refractivity (Wildman–Crippen MR) is 219 cm³/mol. The predicted octanol–water partition coefficient (Wildman–Crippen LogP) is 3.88. The van der Waals surface area contributed by atoms with E-state index in [-0.39, 0.29) is 48.8 Å². The van der Waals surface area contributed by atoms with E-state index in [0.29, 0.717) is 43.7 Å². The molecule has 2 saturated heterocycles. The number of carbonyl (C=O) groups is 5. The molecule has 8 rings (SSSR count). The zero-order valence-corrected chi connectivity index (χ0v) is 35.7. The Morgan fingerprint density at radius 3 is 2.42 bits per heavy atom. The van der Waals surface area contributed by atoms with Crippen LogP contribution in [0.4, 0.5) is 0 Å². The molecule has 2 unspecified atom stereocenters. The van der Waals surface area contributed by atoms with E-state index in [2.05, 4.69) is 24.4 Å². The quantitative estimate of drug-likeness (QED) is 0.237. The van der Waals surface area contributed by atoms with Gasteiger partial charge < -0.3 is 40.4 Å². The first-order valence-electron chi connectivity index (χ1n) is 22.1. The van der Waals surface area contributed by atoms with Gasteiger partial charge in [0.2, 0.25) is 11.8 Å². The van der Waals surface area contributed by atoms with Crippen molar-refractivity contribution in [3.8, 4) is 0 Å². The molecule has 4 saturated carbocycles. The molecule has 7 aliphatic rings. The van der Waals surface area contributed by atoms with Gasteiger partial charge in [-0.1, -0.05) is 49.8 Å². The molecule has 6 fully saturated rings. The molecule has 5 N–H and O–H groups in total. The van der Waals surface area contributed by atoms with E-state index in [0.717, 1.165) is 43.2 Å². The molecule has 2 heterocycles. The van der Waals surface area contributed by atoms with E-state index in [4.69, 9.17) is 19.9 Å². The Kier molecular flexibility index (Phi) is 11.3. The van der Waals surface area contributed by atoms with E-state index in [1.54, 1.807) is 32.9 Å². The number of amides is 2. The molecule has 13 nitrogen and oxygen atoms in total. The molecule has 1 aromatic rings. The number of ketones is 2. The van der Waals surface area contributed by atoms with Crippen LogP contribution in [0.3, 0.4) is 0 Å². The van der Waals surface area contributed by atoms with Crippen LogP contribution in [0.25, 0.3) is 0 Å². The molecule has 0 aromatic heterocycles. The summed E-state index contributed by atoms with van der Waals surface area (Å²) < 4.78 is 18.9. The highest BCUT2D eigenvalue weighted by Crippen LogP contribution is 2.70. The van der Waals surface area contributed by atoms with Crippen molar-refractivity contribution in [3.63, 3.8) is 0 Å². The fourth-order valence-electron chi connectivity index (χ4n) is 13.1. The van der Waals surface area contributed by atoms with Gasteiger partial charge in [0.15, 0.2) is 23.5 Å². The normalized spacial score (nSPS) is 38.3. The summed E-state index contributed by atoms with van der Waals surface area (Å²) in [5.41, 5.74) is 5.33. The SMILES string of the molecule is CC(C)(C)OC(=O)CC[C@H](NC(=O)CN)C(=O)N1CC2CC(Cc3ccc([C@@H]4O[C@@H]5C[C@H]6[C@@H]7CCC8=CC(=O)C=C[C@]8(C)[C@H]7[C@@H](O)C[C@]6(C)[C@]5(C(=O)CO)O4)cc3)CC2C1. The minimum atomic E-state index is -1.40. The maximum Gasteiger partial charge on any atom is 0.306 e. The molecule has 13 heteroatoms. The number of hydrogen-bond donors (Lipinski definition) is 4. The minimum Gasteiger partial charge on any atom is -0.460 e. The van der Waals surface area contributed by atoms with Crippen LogP contribution in [-0.4, -0.2) is 100 Å². The Morgan fingerprint density at radius 1 is 1.07 bits per heavy atom. The van der Waals surface area contributed by atoms with Gasteiger partial charge in [-0.3, -0.25) is 24.0 Å². The summed E-state index contributed by atoms with van der Waals surface area (Å²) in [6.07, 6.45) is 8.70. The van der Waals surface area contributed by atoms with E-state index in [1.165, 1.54) is 5.56 Å². The lowest BCUT2D eigenvalue weighted by Crippen LogP contribution is -2.63. The van der Waals surface area contributed by atoms with Crippen LogP contribution in [0.5, 0.6) is 0 Å². The van der Waals surface area contributed by atoms with E-state index in [1.807, 2.05) is 30.0 Å². The number of fused-ring (bicyclic) bond motifs is 8. The Labute approximate surface area is 352 Å². The molecular formula is C47H63N3O10. The number of aliphatic hydroxyl groups is 2. The lowest BCUT2D eigenvalue weighted by atomic mass is 9.46. The standard InChI is InChI=1S/C47H63N3O10/c1-44(2,3)59-40(56)13-12-35(49-39(55)22-48)42(57)50-23-29-17-27(18-30(29)24-50)16-26-6-8-28(9-7-26)43-58-38-20-34-33-11-10-31-19-32(52)14-15-45(31,4)41(33)36(53)21-46(34,5)47(38,60-43)37(54)25-51/h6-9,14-15,19,27,29-30,33-36,38,41,43,51,53H,10-13,16-18,20-25,48H2,1-5H3,(H,49,55)/t27?,29?,30?,33-,34-,35-,36-,38+,41+,43+,45-,46-,47+/m0/s1. The number of esters is 1.